The number of nitro groups is 1. The van der Waals surface area contributed by atoms with Crippen molar-refractivity contribution in [3.8, 4) is 0 Å². The van der Waals surface area contributed by atoms with Gasteiger partial charge in [-0.05, 0) is 56.4 Å². The van der Waals surface area contributed by atoms with Crippen molar-refractivity contribution in [1.82, 2.24) is 9.55 Å². The molecular formula is C24H23FN4O4S. The number of thioether (sulfide) groups is 1. The average Bonchev–Trinajstić information content (AvgIpc) is 2.84. The van der Waals surface area contributed by atoms with Gasteiger partial charge < -0.3 is 5.32 Å². The number of hydrogen-bond acceptors (Lipinski definition) is 6. The third-order valence-electron chi connectivity index (χ3n) is 5.63. The Labute approximate surface area is 199 Å². The van der Waals surface area contributed by atoms with E-state index in [4.69, 9.17) is 0 Å². The van der Waals surface area contributed by atoms with Crippen molar-refractivity contribution in [3.05, 3.63) is 80.4 Å². The Morgan fingerprint density at radius 3 is 2.82 bits per heavy atom. The fourth-order valence-corrected chi connectivity index (χ4v) is 4.72. The standard InChI is InChI=1S/C24H23FN4O4S/c25-19-11-10-17(14-21(19)29(32)33)26-22(30)15-34-24-27-20-9-5-4-8-18(20)23(31)28(24)13-12-16-6-2-1-3-7-16/h4-6,8-11,14H,1-3,7,12-13,15H2,(H,26,30). The number of carbonyl (C=O) groups is 1. The highest BCUT2D eigenvalue weighted by molar-refractivity contribution is 7.99. The molecule has 0 bridgehead atoms. The van der Waals surface area contributed by atoms with Gasteiger partial charge in [-0.15, -0.1) is 0 Å². The number of nitrogens with one attached hydrogen (secondary N) is 1. The monoisotopic (exact) mass is 482 g/mol. The minimum absolute atomic E-state index is 0.0708. The molecule has 0 atom stereocenters. The van der Waals surface area contributed by atoms with Crippen molar-refractivity contribution in [2.45, 2.75) is 43.8 Å². The molecule has 1 N–H and O–H groups in total. The average molecular weight is 483 g/mol. The summed E-state index contributed by atoms with van der Waals surface area (Å²) in [5.74, 6) is -1.50. The second kappa shape index (κ2) is 10.6. The molecule has 1 aliphatic carbocycles. The number of carbonyl (C=O) groups excluding carboxylic acids is 1. The minimum Gasteiger partial charge on any atom is -0.325 e. The fourth-order valence-electron chi connectivity index (χ4n) is 3.90. The van der Waals surface area contributed by atoms with Crippen LogP contribution in [-0.4, -0.2) is 26.1 Å². The summed E-state index contributed by atoms with van der Waals surface area (Å²) in [7, 11) is 0. The second-order valence-corrected chi connectivity index (χ2v) is 8.93. The molecule has 1 amide bonds. The van der Waals surface area contributed by atoms with Crippen molar-refractivity contribution in [2.24, 2.45) is 0 Å². The Hall–Kier alpha value is -3.53. The van der Waals surface area contributed by atoms with Gasteiger partial charge in [-0.2, -0.15) is 4.39 Å². The van der Waals surface area contributed by atoms with Crippen LogP contribution in [0.2, 0.25) is 0 Å². The van der Waals surface area contributed by atoms with Crippen LogP contribution in [0.15, 0.2) is 64.1 Å². The summed E-state index contributed by atoms with van der Waals surface area (Å²) < 4.78 is 15.2. The minimum atomic E-state index is -0.977. The van der Waals surface area contributed by atoms with Gasteiger partial charge in [0.25, 0.3) is 5.56 Å². The van der Waals surface area contributed by atoms with E-state index in [-0.39, 0.29) is 17.0 Å². The smallest absolute Gasteiger partial charge is 0.306 e. The van der Waals surface area contributed by atoms with E-state index in [2.05, 4.69) is 16.4 Å². The van der Waals surface area contributed by atoms with Crippen LogP contribution in [0.5, 0.6) is 0 Å². The number of benzene rings is 2. The third kappa shape index (κ3) is 5.51. The predicted octanol–water partition coefficient (Wildman–Crippen LogP) is 5.07. The fraction of sp³-hybridized carbons (Fsp3) is 0.292. The van der Waals surface area contributed by atoms with Crippen LogP contribution in [0.4, 0.5) is 15.8 Å². The summed E-state index contributed by atoms with van der Waals surface area (Å²) in [6.45, 7) is 0.469. The molecule has 1 aliphatic rings. The number of aromatic nitrogens is 2. The first-order valence-corrected chi connectivity index (χ1v) is 11.9. The molecular weight excluding hydrogens is 459 g/mol. The maximum Gasteiger partial charge on any atom is 0.306 e. The Balaban J connectivity index is 1.52. The number of nitrogens with zero attached hydrogens (tertiary/aromatic N) is 3. The van der Waals surface area contributed by atoms with Gasteiger partial charge in [0.2, 0.25) is 11.7 Å². The van der Waals surface area contributed by atoms with Crippen molar-refractivity contribution >= 4 is 39.9 Å². The Bertz CT molecular complexity index is 1340. The van der Waals surface area contributed by atoms with Gasteiger partial charge in [-0.25, -0.2) is 4.98 Å². The van der Waals surface area contributed by atoms with Crippen LogP contribution < -0.4 is 10.9 Å². The molecule has 176 valence electrons. The van der Waals surface area contributed by atoms with Crippen molar-refractivity contribution < 1.29 is 14.1 Å². The van der Waals surface area contributed by atoms with Gasteiger partial charge >= 0.3 is 5.69 Å². The molecule has 0 fully saturated rings. The normalized spacial score (nSPS) is 13.5. The van der Waals surface area contributed by atoms with Crippen molar-refractivity contribution in [2.75, 3.05) is 11.1 Å². The SMILES string of the molecule is O=C(CSc1nc2ccccc2c(=O)n1CCC1=CCCCC1)Nc1ccc(F)c([N+](=O)[O-])c1. The highest BCUT2D eigenvalue weighted by atomic mass is 32.2. The Kier molecular flexibility index (Phi) is 7.36. The molecule has 8 nitrogen and oxygen atoms in total. The van der Waals surface area contributed by atoms with Crippen LogP contribution >= 0.6 is 11.8 Å². The molecule has 0 spiro atoms. The van der Waals surface area contributed by atoms with Gasteiger partial charge in [0.05, 0.1) is 21.6 Å². The Morgan fingerprint density at radius 2 is 2.06 bits per heavy atom. The molecule has 4 rings (SSSR count). The van der Waals surface area contributed by atoms with Crippen LogP contribution in [-0.2, 0) is 11.3 Å². The van der Waals surface area contributed by atoms with Crippen LogP contribution in [0.1, 0.15) is 32.1 Å². The number of anilines is 1. The predicted molar refractivity (Wildman–Crippen MR) is 130 cm³/mol. The van der Waals surface area contributed by atoms with Gasteiger partial charge in [0.1, 0.15) is 0 Å². The van der Waals surface area contributed by atoms with E-state index < -0.39 is 22.3 Å². The van der Waals surface area contributed by atoms with E-state index >= 15 is 0 Å². The zero-order valence-corrected chi connectivity index (χ0v) is 19.1. The number of rotatable bonds is 8. The summed E-state index contributed by atoms with van der Waals surface area (Å²) in [6.07, 6.45) is 7.42. The molecule has 10 heteroatoms. The topological polar surface area (TPSA) is 107 Å². The lowest BCUT2D eigenvalue weighted by molar-refractivity contribution is -0.387. The number of nitro benzene ring substituents is 1. The zero-order valence-electron chi connectivity index (χ0n) is 18.3. The maximum atomic E-state index is 13.5. The number of fused-ring (bicyclic) bond motifs is 1. The second-order valence-electron chi connectivity index (χ2n) is 7.99. The highest BCUT2D eigenvalue weighted by Crippen LogP contribution is 2.24. The van der Waals surface area contributed by atoms with E-state index in [1.165, 1.54) is 18.1 Å². The summed E-state index contributed by atoms with van der Waals surface area (Å²) >= 11 is 1.12. The molecule has 0 unspecified atom stereocenters. The molecule has 34 heavy (non-hydrogen) atoms. The number of para-hydroxylation sites is 1. The van der Waals surface area contributed by atoms with Crippen LogP contribution in [0.25, 0.3) is 10.9 Å². The lowest BCUT2D eigenvalue weighted by Gasteiger charge is -2.16. The maximum absolute atomic E-state index is 13.5. The lowest BCUT2D eigenvalue weighted by atomic mass is 9.97. The van der Waals surface area contributed by atoms with E-state index in [0.717, 1.165) is 49.6 Å². The van der Waals surface area contributed by atoms with Crippen molar-refractivity contribution in [3.63, 3.8) is 0 Å². The quantitative estimate of drug-likeness (QED) is 0.158. The molecule has 0 saturated heterocycles. The molecule has 1 heterocycles. The highest BCUT2D eigenvalue weighted by Gasteiger charge is 2.17. The van der Waals surface area contributed by atoms with Crippen LogP contribution in [0.3, 0.4) is 0 Å². The van der Waals surface area contributed by atoms with E-state index in [1.54, 1.807) is 28.8 Å². The van der Waals surface area contributed by atoms with E-state index in [1.807, 2.05) is 0 Å². The molecule has 0 aliphatic heterocycles. The first-order valence-electron chi connectivity index (χ1n) is 11.0. The molecule has 2 aromatic carbocycles. The van der Waals surface area contributed by atoms with E-state index in [0.29, 0.717) is 22.6 Å². The van der Waals surface area contributed by atoms with Crippen LogP contribution in [0, 0.1) is 15.9 Å². The van der Waals surface area contributed by atoms with E-state index in [9.17, 15) is 24.1 Å². The number of allylic oxidation sites excluding steroid dienone is 2. The van der Waals surface area contributed by atoms with Gasteiger partial charge in [0.15, 0.2) is 5.16 Å². The zero-order chi connectivity index (χ0) is 24.1. The molecule has 1 aromatic heterocycles. The largest absolute Gasteiger partial charge is 0.325 e. The lowest BCUT2D eigenvalue weighted by Crippen LogP contribution is -2.24. The third-order valence-corrected chi connectivity index (χ3v) is 6.60. The molecule has 3 aromatic rings. The Morgan fingerprint density at radius 1 is 1.24 bits per heavy atom. The number of amides is 1. The molecule has 0 saturated carbocycles. The number of halogens is 1. The van der Waals surface area contributed by atoms with Gasteiger partial charge in [-0.3, -0.25) is 24.3 Å². The first-order chi connectivity index (χ1) is 16.4. The summed E-state index contributed by atoms with van der Waals surface area (Å²) in [6, 6.07) is 10.3. The summed E-state index contributed by atoms with van der Waals surface area (Å²) in [5, 5.41) is 14.4. The number of hydrogen-bond donors (Lipinski definition) is 1. The van der Waals surface area contributed by atoms with Crippen molar-refractivity contribution in [1.29, 1.82) is 0 Å². The first kappa shape index (κ1) is 23.6. The summed E-state index contributed by atoms with van der Waals surface area (Å²) in [4.78, 5) is 40.4. The summed E-state index contributed by atoms with van der Waals surface area (Å²) in [5.41, 5.74) is 1.13. The van der Waals surface area contributed by atoms with Gasteiger partial charge in [-0.1, -0.05) is 35.5 Å². The van der Waals surface area contributed by atoms with Gasteiger partial charge in [0, 0.05) is 18.3 Å². The molecule has 0 radical (unpaired) electrons.